The van der Waals surface area contributed by atoms with Gasteiger partial charge in [0.25, 0.3) is 0 Å². The summed E-state index contributed by atoms with van der Waals surface area (Å²) < 4.78 is 0. The third kappa shape index (κ3) is 2.26. The molecule has 1 rings (SSSR count). The molecule has 0 atom stereocenters. The van der Waals surface area contributed by atoms with E-state index in [1.807, 2.05) is 0 Å². The first-order valence-corrected chi connectivity index (χ1v) is 3.34. The second kappa shape index (κ2) is 4.00. The van der Waals surface area contributed by atoms with E-state index in [4.69, 9.17) is 15.9 Å². The SMILES string of the molecule is Cc1c(N)cc(O)cc1C(=O)O.Cl. The number of aromatic hydroxyl groups is 1. The van der Waals surface area contributed by atoms with Crippen LogP contribution in [-0.2, 0) is 0 Å². The van der Waals surface area contributed by atoms with Gasteiger partial charge in [0.05, 0.1) is 5.56 Å². The van der Waals surface area contributed by atoms with E-state index >= 15 is 0 Å². The molecule has 5 heteroatoms. The van der Waals surface area contributed by atoms with Crippen LogP contribution in [0.4, 0.5) is 5.69 Å². The number of phenols is 1. The van der Waals surface area contributed by atoms with Crippen LogP contribution in [0.5, 0.6) is 5.75 Å². The molecule has 4 nitrogen and oxygen atoms in total. The molecule has 13 heavy (non-hydrogen) atoms. The minimum absolute atomic E-state index is 0. The Bertz CT molecular complexity index is 338. The van der Waals surface area contributed by atoms with E-state index in [0.29, 0.717) is 5.56 Å². The van der Waals surface area contributed by atoms with Crippen LogP contribution in [0.15, 0.2) is 12.1 Å². The number of anilines is 1. The van der Waals surface area contributed by atoms with Gasteiger partial charge in [0.1, 0.15) is 5.75 Å². The van der Waals surface area contributed by atoms with Crippen LogP contribution in [0.1, 0.15) is 15.9 Å². The number of benzene rings is 1. The summed E-state index contributed by atoms with van der Waals surface area (Å²) in [7, 11) is 0. The van der Waals surface area contributed by atoms with Crippen molar-refractivity contribution in [1.82, 2.24) is 0 Å². The van der Waals surface area contributed by atoms with Gasteiger partial charge >= 0.3 is 5.97 Å². The van der Waals surface area contributed by atoms with Gasteiger partial charge in [-0.15, -0.1) is 12.4 Å². The predicted octanol–water partition coefficient (Wildman–Crippen LogP) is 1.40. The van der Waals surface area contributed by atoms with Crippen LogP contribution in [0, 0.1) is 6.92 Å². The van der Waals surface area contributed by atoms with E-state index in [9.17, 15) is 4.79 Å². The molecule has 0 heterocycles. The zero-order chi connectivity index (χ0) is 9.30. The summed E-state index contributed by atoms with van der Waals surface area (Å²) in [6.07, 6.45) is 0. The molecule has 0 fully saturated rings. The lowest BCUT2D eigenvalue weighted by atomic mass is 10.1. The Morgan fingerprint density at radius 1 is 1.46 bits per heavy atom. The zero-order valence-electron chi connectivity index (χ0n) is 6.94. The van der Waals surface area contributed by atoms with Gasteiger partial charge in [0, 0.05) is 11.8 Å². The summed E-state index contributed by atoms with van der Waals surface area (Å²) >= 11 is 0. The molecule has 0 saturated heterocycles. The lowest BCUT2D eigenvalue weighted by Gasteiger charge is -2.04. The minimum Gasteiger partial charge on any atom is -0.508 e. The molecule has 0 aliphatic heterocycles. The second-order valence-corrected chi connectivity index (χ2v) is 2.51. The van der Waals surface area contributed by atoms with E-state index in [0.717, 1.165) is 0 Å². The van der Waals surface area contributed by atoms with Crippen molar-refractivity contribution >= 4 is 24.1 Å². The van der Waals surface area contributed by atoms with Gasteiger partial charge in [0.15, 0.2) is 0 Å². The summed E-state index contributed by atoms with van der Waals surface area (Å²) in [6.45, 7) is 1.60. The molecule has 1 aromatic carbocycles. The van der Waals surface area contributed by atoms with Crippen molar-refractivity contribution in [3.63, 3.8) is 0 Å². The van der Waals surface area contributed by atoms with Crippen molar-refractivity contribution in [1.29, 1.82) is 0 Å². The summed E-state index contributed by atoms with van der Waals surface area (Å²) in [6, 6.07) is 2.50. The molecular formula is C8H10ClNO3. The van der Waals surface area contributed by atoms with Crippen molar-refractivity contribution in [2.75, 3.05) is 5.73 Å². The highest BCUT2D eigenvalue weighted by molar-refractivity contribution is 5.91. The van der Waals surface area contributed by atoms with Gasteiger partial charge in [-0.2, -0.15) is 0 Å². The quantitative estimate of drug-likeness (QED) is 0.603. The van der Waals surface area contributed by atoms with Crippen molar-refractivity contribution in [2.45, 2.75) is 6.92 Å². The molecule has 1 aromatic rings. The van der Waals surface area contributed by atoms with Crippen molar-refractivity contribution < 1.29 is 15.0 Å². The van der Waals surface area contributed by atoms with Gasteiger partial charge < -0.3 is 15.9 Å². The molecule has 0 unspecified atom stereocenters. The van der Waals surface area contributed by atoms with E-state index in [1.54, 1.807) is 6.92 Å². The maximum atomic E-state index is 10.6. The Morgan fingerprint density at radius 2 is 2.00 bits per heavy atom. The average Bonchev–Trinajstić information content (AvgIpc) is 1.96. The van der Waals surface area contributed by atoms with Crippen LogP contribution in [-0.4, -0.2) is 16.2 Å². The van der Waals surface area contributed by atoms with Crippen molar-refractivity contribution in [3.8, 4) is 5.75 Å². The Balaban J connectivity index is 0.00000144. The number of phenolic OH excluding ortho intramolecular Hbond substituents is 1. The third-order valence-corrected chi connectivity index (χ3v) is 1.66. The number of aromatic carboxylic acids is 1. The Hall–Kier alpha value is -1.42. The Morgan fingerprint density at radius 3 is 2.46 bits per heavy atom. The van der Waals surface area contributed by atoms with Crippen LogP contribution in [0.3, 0.4) is 0 Å². The number of rotatable bonds is 1. The number of hydrogen-bond donors (Lipinski definition) is 3. The smallest absolute Gasteiger partial charge is 0.336 e. The molecule has 4 N–H and O–H groups in total. The minimum atomic E-state index is -1.09. The van der Waals surface area contributed by atoms with Crippen LogP contribution < -0.4 is 5.73 Å². The second-order valence-electron chi connectivity index (χ2n) is 2.51. The van der Waals surface area contributed by atoms with Crippen LogP contribution >= 0.6 is 12.4 Å². The van der Waals surface area contributed by atoms with Crippen LogP contribution in [0.2, 0.25) is 0 Å². The number of hydrogen-bond acceptors (Lipinski definition) is 3. The standard InChI is InChI=1S/C8H9NO3.ClH/c1-4-6(8(11)12)2-5(10)3-7(4)9;/h2-3,10H,9H2,1H3,(H,11,12);1H. The number of carbonyl (C=O) groups is 1. The molecule has 0 radical (unpaired) electrons. The topological polar surface area (TPSA) is 83.5 Å². The highest BCUT2D eigenvalue weighted by Gasteiger charge is 2.10. The Labute approximate surface area is 81.4 Å². The fraction of sp³-hybridized carbons (Fsp3) is 0.125. The fourth-order valence-corrected chi connectivity index (χ4v) is 0.943. The fourth-order valence-electron chi connectivity index (χ4n) is 0.943. The van der Waals surface area contributed by atoms with Gasteiger partial charge in [-0.3, -0.25) is 0 Å². The molecule has 0 aliphatic carbocycles. The maximum Gasteiger partial charge on any atom is 0.336 e. The Kier molecular flexibility index (Phi) is 3.56. The molecule has 0 aliphatic rings. The van der Waals surface area contributed by atoms with Gasteiger partial charge in [-0.05, 0) is 18.6 Å². The lowest BCUT2D eigenvalue weighted by molar-refractivity contribution is 0.0695. The van der Waals surface area contributed by atoms with E-state index in [2.05, 4.69) is 0 Å². The van der Waals surface area contributed by atoms with E-state index in [1.165, 1.54) is 12.1 Å². The summed E-state index contributed by atoms with van der Waals surface area (Å²) in [5.74, 6) is -1.22. The molecular weight excluding hydrogens is 194 g/mol. The van der Waals surface area contributed by atoms with Gasteiger partial charge in [0.2, 0.25) is 0 Å². The predicted molar refractivity (Wildman–Crippen MR) is 51.5 cm³/mol. The zero-order valence-corrected chi connectivity index (χ0v) is 7.76. The molecule has 0 amide bonds. The summed E-state index contributed by atoms with van der Waals surface area (Å²) in [4.78, 5) is 10.6. The first-order valence-electron chi connectivity index (χ1n) is 3.34. The number of carboxylic acid groups (broad SMARTS) is 1. The number of nitrogens with two attached hydrogens (primary N) is 1. The average molecular weight is 204 g/mol. The van der Waals surface area contributed by atoms with Crippen molar-refractivity contribution in [2.24, 2.45) is 0 Å². The van der Waals surface area contributed by atoms with Gasteiger partial charge in [-0.1, -0.05) is 0 Å². The summed E-state index contributed by atoms with van der Waals surface area (Å²) in [5, 5.41) is 17.7. The monoisotopic (exact) mass is 203 g/mol. The molecule has 0 saturated carbocycles. The van der Waals surface area contributed by atoms with Gasteiger partial charge in [-0.25, -0.2) is 4.79 Å². The number of carboxylic acids is 1. The molecule has 72 valence electrons. The number of nitrogen functional groups attached to an aromatic ring is 1. The third-order valence-electron chi connectivity index (χ3n) is 1.66. The van der Waals surface area contributed by atoms with E-state index < -0.39 is 5.97 Å². The van der Waals surface area contributed by atoms with E-state index in [-0.39, 0.29) is 29.4 Å². The van der Waals surface area contributed by atoms with Crippen molar-refractivity contribution in [3.05, 3.63) is 23.3 Å². The first kappa shape index (κ1) is 11.6. The first-order chi connectivity index (χ1) is 5.52. The molecule has 0 spiro atoms. The maximum absolute atomic E-state index is 10.6. The largest absolute Gasteiger partial charge is 0.508 e. The molecule has 0 bridgehead atoms. The number of halogens is 1. The van der Waals surface area contributed by atoms with Crippen LogP contribution in [0.25, 0.3) is 0 Å². The summed E-state index contributed by atoms with van der Waals surface area (Å²) in [5.41, 5.74) is 6.23. The molecule has 0 aromatic heterocycles. The highest BCUT2D eigenvalue weighted by atomic mass is 35.5. The highest BCUT2D eigenvalue weighted by Crippen LogP contribution is 2.22. The normalized spacial score (nSPS) is 9.00. The lowest BCUT2D eigenvalue weighted by Crippen LogP contribution is -2.02.